The molecule has 0 unspecified atom stereocenters. The van der Waals surface area contributed by atoms with E-state index >= 15 is 0 Å². The largest absolute Gasteiger partial charge is 0.378 e. The summed E-state index contributed by atoms with van der Waals surface area (Å²) >= 11 is 0. The number of nitrogens with zero attached hydrogens (tertiary/aromatic N) is 7. The van der Waals surface area contributed by atoms with Gasteiger partial charge in [0, 0.05) is 38.6 Å². The Bertz CT molecular complexity index is 672. The van der Waals surface area contributed by atoms with Crippen LogP contribution < -0.4 is 15.5 Å². The van der Waals surface area contributed by atoms with Gasteiger partial charge in [-0.15, -0.1) is 0 Å². The van der Waals surface area contributed by atoms with Crippen molar-refractivity contribution in [3.63, 3.8) is 0 Å². The van der Waals surface area contributed by atoms with Crippen molar-refractivity contribution in [2.45, 2.75) is 0 Å². The zero-order valence-electron chi connectivity index (χ0n) is 11.7. The summed E-state index contributed by atoms with van der Waals surface area (Å²) in [4.78, 5) is 30.6. The van der Waals surface area contributed by atoms with Gasteiger partial charge in [-0.2, -0.15) is 4.98 Å². The Balaban J connectivity index is 1.69. The van der Waals surface area contributed by atoms with E-state index in [1.165, 1.54) is 0 Å². The third-order valence-electron chi connectivity index (χ3n) is 3.38. The van der Waals surface area contributed by atoms with Crippen LogP contribution in [0, 0.1) is 10.1 Å². The Kier molecular flexibility index (Phi) is 3.64. The maximum Gasteiger partial charge on any atom is 0.329 e. The Morgan fingerprint density at radius 3 is 2.18 bits per heavy atom. The SMILES string of the molecule is Nc1nc(N2CCN(c3ncccn3)CC2)ncc1[N+](=O)[O-]. The second kappa shape index (κ2) is 5.76. The number of aromatic nitrogens is 4. The average Bonchev–Trinajstić information content (AvgIpc) is 2.55. The molecule has 3 rings (SSSR count). The van der Waals surface area contributed by atoms with Gasteiger partial charge in [0.05, 0.1) is 4.92 Å². The van der Waals surface area contributed by atoms with Gasteiger partial charge in [0.15, 0.2) is 0 Å². The Labute approximate surface area is 125 Å². The summed E-state index contributed by atoms with van der Waals surface area (Å²) in [6, 6.07) is 1.77. The molecule has 10 nitrogen and oxygen atoms in total. The van der Waals surface area contributed by atoms with Crippen LogP contribution in [0.2, 0.25) is 0 Å². The van der Waals surface area contributed by atoms with Gasteiger partial charge in [-0.25, -0.2) is 15.0 Å². The van der Waals surface area contributed by atoms with Crippen molar-refractivity contribution < 1.29 is 4.92 Å². The lowest BCUT2D eigenvalue weighted by atomic mass is 10.3. The molecule has 1 fully saturated rings. The standard InChI is InChI=1S/C12H14N8O2/c13-10-9(20(21)22)8-16-12(17-10)19-6-4-18(5-7-19)11-14-2-1-3-15-11/h1-3,8H,4-7H2,(H2,13,16,17). The summed E-state index contributed by atoms with van der Waals surface area (Å²) in [6.45, 7) is 2.75. The van der Waals surface area contributed by atoms with Crippen molar-refractivity contribution in [2.24, 2.45) is 0 Å². The van der Waals surface area contributed by atoms with Gasteiger partial charge in [0.1, 0.15) is 6.20 Å². The van der Waals surface area contributed by atoms with Crippen LogP contribution in [-0.2, 0) is 0 Å². The minimum atomic E-state index is -0.593. The van der Waals surface area contributed by atoms with Gasteiger partial charge in [-0.3, -0.25) is 10.1 Å². The van der Waals surface area contributed by atoms with Crippen LogP contribution >= 0.6 is 0 Å². The van der Waals surface area contributed by atoms with Crippen LogP contribution in [0.4, 0.5) is 23.4 Å². The Morgan fingerprint density at radius 2 is 1.64 bits per heavy atom. The monoisotopic (exact) mass is 302 g/mol. The summed E-state index contributed by atoms with van der Waals surface area (Å²) in [5, 5.41) is 10.7. The smallest absolute Gasteiger partial charge is 0.329 e. The van der Waals surface area contributed by atoms with Crippen LogP contribution in [-0.4, -0.2) is 51.0 Å². The number of rotatable bonds is 3. The van der Waals surface area contributed by atoms with Crippen molar-refractivity contribution in [3.8, 4) is 0 Å². The lowest BCUT2D eigenvalue weighted by Crippen LogP contribution is -2.47. The number of anilines is 3. The van der Waals surface area contributed by atoms with Crippen LogP contribution in [0.15, 0.2) is 24.7 Å². The minimum absolute atomic E-state index is 0.121. The first kappa shape index (κ1) is 13.9. The number of hydrogen-bond acceptors (Lipinski definition) is 9. The third kappa shape index (κ3) is 2.71. The molecule has 0 radical (unpaired) electrons. The normalized spacial score (nSPS) is 14.9. The van der Waals surface area contributed by atoms with E-state index in [0.29, 0.717) is 38.1 Å². The molecular formula is C12H14N8O2. The summed E-state index contributed by atoms with van der Waals surface area (Å²) < 4.78 is 0. The van der Waals surface area contributed by atoms with E-state index in [0.717, 1.165) is 6.20 Å². The Morgan fingerprint density at radius 1 is 1.05 bits per heavy atom. The predicted molar refractivity (Wildman–Crippen MR) is 79.6 cm³/mol. The quantitative estimate of drug-likeness (QED) is 0.619. The molecule has 0 aromatic carbocycles. The van der Waals surface area contributed by atoms with E-state index in [1.54, 1.807) is 18.5 Å². The maximum atomic E-state index is 10.7. The molecule has 2 aromatic heterocycles. The predicted octanol–water partition coefficient (Wildman–Crippen LogP) is 0.0836. The fourth-order valence-electron chi connectivity index (χ4n) is 2.23. The van der Waals surface area contributed by atoms with Crippen molar-refractivity contribution in [1.82, 2.24) is 19.9 Å². The van der Waals surface area contributed by atoms with Crippen molar-refractivity contribution >= 4 is 23.4 Å². The highest BCUT2D eigenvalue weighted by molar-refractivity contribution is 5.54. The van der Waals surface area contributed by atoms with Crippen LogP contribution in [0.25, 0.3) is 0 Å². The van der Waals surface area contributed by atoms with Gasteiger partial charge in [0.25, 0.3) is 0 Å². The number of piperazine rings is 1. The molecule has 114 valence electrons. The topological polar surface area (TPSA) is 127 Å². The first-order valence-corrected chi connectivity index (χ1v) is 6.69. The highest BCUT2D eigenvalue weighted by Crippen LogP contribution is 2.21. The van der Waals surface area contributed by atoms with Gasteiger partial charge < -0.3 is 15.5 Å². The van der Waals surface area contributed by atoms with E-state index in [-0.39, 0.29) is 11.5 Å². The molecule has 0 saturated carbocycles. The van der Waals surface area contributed by atoms with E-state index in [4.69, 9.17) is 5.73 Å². The molecule has 1 saturated heterocycles. The molecule has 0 spiro atoms. The third-order valence-corrected chi connectivity index (χ3v) is 3.38. The second-order valence-corrected chi connectivity index (χ2v) is 4.72. The van der Waals surface area contributed by atoms with Crippen LogP contribution in [0.5, 0.6) is 0 Å². The molecule has 3 heterocycles. The fraction of sp³-hybridized carbons (Fsp3) is 0.333. The number of nitrogen functional groups attached to an aromatic ring is 1. The maximum absolute atomic E-state index is 10.7. The number of hydrogen-bond donors (Lipinski definition) is 1. The van der Waals surface area contributed by atoms with E-state index in [2.05, 4.69) is 24.8 Å². The van der Waals surface area contributed by atoms with Crippen molar-refractivity contribution in [1.29, 1.82) is 0 Å². The average molecular weight is 302 g/mol. The number of nitro groups is 1. The number of nitrogens with two attached hydrogens (primary N) is 1. The molecular weight excluding hydrogens is 288 g/mol. The first-order chi connectivity index (χ1) is 10.6. The zero-order chi connectivity index (χ0) is 15.5. The van der Waals surface area contributed by atoms with Gasteiger partial charge >= 0.3 is 5.69 Å². The first-order valence-electron chi connectivity index (χ1n) is 6.69. The Hall–Kier alpha value is -3.04. The van der Waals surface area contributed by atoms with Crippen molar-refractivity contribution in [3.05, 3.63) is 34.8 Å². The van der Waals surface area contributed by atoms with Crippen LogP contribution in [0.3, 0.4) is 0 Å². The minimum Gasteiger partial charge on any atom is -0.378 e. The second-order valence-electron chi connectivity index (χ2n) is 4.72. The molecule has 0 atom stereocenters. The summed E-state index contributed by atoms with van der Waals surface area (Å²) in [6.07, 6.45) is 4.55. The van der Waals surface area contributed by atoms with Gasteiger partial charge in [-0.1, -0.05) is 0 Å². The molecule has 0 bridgehead atoms. The lowest BCUT2D eigenvalue weighted by Gasteiger charge is -2.34. The van der Waals surface area contributed by atoms with E-state index in [1.807, 2.05) is 4.90 Å². The molecule has 22 heavy (non-hydrogen) atoms. The molecule has 1 aliphatic rings. The van der Waals surface area contributed by atoms with Gasteiger partial charge in [0.2, 0.25) is 17.7 Å². The lowest BCUT2D eigenvalue weighted by molar-refractivity contribution is -0.384. The highest BCUT2D eigenvalue weighted by atomic mass is 16.6. The molecule has 1 aliphatic heterocycles. The molecule has 2 aromatic rings. The summed E-state index contributed by atoms with van der Waals surface area (Å²) in [7, 11) is 0. The van der Waals surface area contributed by atoms with Crippen molar-refractivity contribution in [2.75, 3.05) is 41.7 Å². The molecule has 10 heteroatoms. The van der Waals surface area contributed by atoms with Gasteiger partial charge in [-0.05, 0) is 6.07 Å². The fourth-order valence-corrected chi connectivity index (χ4v) is 2.23. The summed E-state index contributed by atoms with van der Waals surface area (Å²) in [5.41, 5.74) is 5.32. The van der Waals surface area contributed by atoms with Crippen LogP contribution in [0.1, 0.15) is 0 Å². The molecule has 2 N–H and O–H groups in total. The van der Waals surface area contributed by atoms with E-state index < -0.39 is 4.92 Å². The molecule has 0 amide bonds. The zero-order valence-corrected chi connectivity index (χ0v) is 11.7. The van der Waals surface area contributed by atoms with E-state index in [9.17, 15) is 10.1 Å². The molecule has 0 aliphatic carbocycles. The highest BCUT2D eigenvalue weighted by Gasteiger charge is 2.22. The summed E-state index contributed by atoms with van der Waals surface area (Å²) in [5.74, 6) is 0.965.